The molecule has 3 rings (SSSR count). The molecule has 234 valence electrons. The van der Waals surface area contributed by atoms with E-state index in [2.05, 4.69) is 21.1 Å². The maximum atomic E-state index is 12.4. The number of hydrogen-bond donors (Lipinski definition) is 4. The minimum atomic E-state index is -3.67. The van der Waals surface area contributed by atoms with E-state index in [-0.39, 0.29) is 72.7 Å². The van der Waals surface area contributed by atoms with E-state index < -0.39 is 40.9 Å². The maximum absolute atomic E-state index is 12.4. The summed E-state index contributed by atoms with van der Waals surface area (Å²) in [5, 5.41) is 25.5. The van der Waals surface area contributed by atoms with Crippen molar-refractivity contribution in [1.82, 2.24) is 0 Å². The summed E-state index contributed by atoms with van der Waals surface area (Å²) in [5.41, 5.74) is 5.92. The normalized spacial score (nSPS) is 10.4. The first-order valence-corrected chi connectivity index (χ1v) is 14.5. The van der Waals surface area contributed by atoms with Crippen LogP contribution in [0.1, 0.15) is 2.85 Å². The molecule has 22 heteroatoms. The molecule has 0 spiro atoms. The smallest absolute Gasteiger partial charge is 1.00 e. The monoisotopic (exact) mass is 680 g/mol. The molecule has 0 saturated heterocycles. The first-order valence-electron chi connectivity index (χ1n) is 10.8. The van der Waals surface area contributed by atoms with Crippen LogP contribution in [0.15, 0.2) is 92.6 Å². The number of nitro groups is 2. The van der Waals surface area contributed by atoms with E-state index in [0.29, 0.717) is 18.2 Å². The van der Waals surface area contributed by atoms with Gasteiger partial charge in [0.1, 0.15) is 5.36 Å². The molecular weight excluding hydrogens is 650 g/mol. The molecular formula is C22H30N6Na2O12S2. The molecule has 0 saturated carbocycles. The number of nitrogens with zero attached hydrogens (tertiary/aromatic N) is 4. The molecule has 0 aliphatic carbocycles. The van der Waals surface area contributed by atoms with Crippen molar-refractivity contribution in [3.8, 4) is 0 Å². The summed E-state index contributed by atoms with van der Waals surface area (Å²) in [4.78, 5) is 40.9. The van der Waals surface area contributed by atoms with E-state index >= 15 is 0 Å². The van der Waals surface area contributed by atoms with Crippen molar-refractivity contribution in [1.29, 1.82) is 0 Å². The van der Waals surface area contributed by atoms with Crippen molar-refractivity contribution in [2.24, 2.45) is 10.2 Å². The van der Waals surface area contributed by atoms with Gasteiger partial charge in [0, 0.05) is 9.85 Å². The van der Waals surface area contributed by atoms with Gasteiger partial charge < -0.3 is 2.85 Å². The fourth-order valence-corrected chi connectivity index (χ4v) is 2.01. The molecule has 0 unspecified atom stereocenters. The van der Waals surface area contributed by atoms with Crippen molar-refractivity contribution in [3.63, 3.8) is 0 Å². The van der Waals surface area contributed by atoms with Crippen LogP contribution in [-0.4, -0.2) is 62.4 Å². The van der Waals surface area contributed by atoms with Gasteiger partial charge in [-0.15, -0.1) is 0 Å². The van der Waals surface area contributed by atoms with Gasteiger partial charge in [0.2, 0.25) is 10.9 Å². The average molecular weight is 681 g/mol. The summed E-state index contributed by atoms with van der Waals surface area (Å²) in [7, 11) is -5.56. The van der Waals surface area contributed by atoms with Gasteiger partial charge in [-0.2, -0.15) is 27.0 Å². The molecule has 4 N–H and O–H groups in total. The third kappa shape index (κ3) is 35.3. The van der Waals surface area contributed by atoms with Crippen LogP contribution >= 0.6 is 0 Å². The van der Waals surface area contributed by atoms with Crippen LogP contribution < -0.4 is 91.5 Å². The number of benzene rings is 3. The second-order valence-corrected chi connectivity index (χ2v) is 10.2. The van der Waals surface area contributed by atoms with Gasteiger partial charge in [-0.1, -0.05) is 36.4 Å². The van der Waals surface area contributed by atoms with Crippen LogP contribution in [0, 0.1) is 20.2 Å². The molecule has 0 amide bonds. The molecule has 3 aromatic rings. The summed E-state index contributed by atoms with van der Waals surface area (Å²) in [6.45, 7) is 0. The molecule has 0 heterocycles. The Morgan fingerprint density at radius 1 is 0.682 bits per heavy atom. The first kappa shape index (κ1) is 48.0. The van der Waals surface area contributed by atoms with Crippen LogP contribution in [0.2, 0.25) is 0 Å². The molecule has 0 aliphatic rings. The average Bonchev–Trinajstić information content (AvgIpc) is 2.82. The van der Waals surface area contributed by atoms with Gasteiger partial charge in [-0.05, 0) is 36.4 Å². The van der Waals surface area contributed by atoms with E-state index in [1.807, 2.05) is 48.5 Å². The van der Waals surface area contributed by atoms with Crippen molar-refractivity contribution in [2.75, 3.05) is 37.5 Å². The molecule has 0 atom stereocenters. The van der Waals surface area contributed by atoms with Gasteiger partial charge >= 0.3 is 59.1 Å². The third-order valence-corrected chi connectivity index (χ3v) is 3.22. The van der Waals surface area contributed by atoms with Gasteiger partial charge in [0.25, 0.3) is 20.2 Å². The van der Waals surface area contributed by atoms with Gasteiger partial charge in [0.15, 0.2) is 19.5 Å². The fraction of sp³-hybridized carbons (Fsp3) is 0.182. The molecule has 0 aliphatic heterocycles. The van der Waals surface area contributed by atoms with Crippen LogP contribution in [0.25, 0.3) is 0 Å². The van der Waals surface area contributed by atoms with E-state index in [1.165, 1.54) is 12.1 Å². The molecule has 44 heavy (non-hydrogen) atoms. The Balaban J connectivity index is -0.000000152. The van der Waals surface area contributed by atoms with E-state index in [1.54, 1.807) is 12.1 Å². The Morgan fingerprint density at radius 3 is 1.30 bits per heavy atom. The summed E-state index contributed by atoms with van der Waals surface area (Å²) in [6, 6.07) is 20.9. The quantitative estimate of drug-likeness (QED) is 0.0865. The van der Waals surface area contributed by atoms with Gasteiger partial charge in [0.05, 0.1) is 23.9 Å². The molecule has 0 radical (unpaired) electrons. The Labute approximate surface area is 299 Å². The van der Waals surface area contributed by atoms with Gasteiger partial charge in [-0.3, -0.25) is 49.8 Å². The van der Waals surface area contributed by atoms with Crippen molar-refractivity contribution in [2.45, 2.75) is 0 Å². The van der Waals surface area contributed by atoms with Crippen molar-refractivity contribution >= 4 is 31.6 Å². The second-order valence-electron chi connectivity index (χ2n) is 7.29. The van der Waals surface area contributed by atoms with Crippen LogP contribution in [0.3, 0.4) is 0 Å². The van der Waals surface area contributed by atoms with E-state index in [4.69, 9.17) is 29.3 Å². The van der Waals surface area contributed by atoms with Crippen molar-refractivity contribution in [3.05, 3.63) is 124 Å². The molecule has 3 aromatic carbocycles. The Bertz CT molecular complexity index is 1670. The van der Waals surface area contributed by atoms with Crippen LogP contribution in [-0.2, 0) is 20.2 Å². The molecule has 18 nitrogen and oxygen atoms in total. The number of para-hydroxylation sites is 2. The maximum Gasteiger partial charge on any atom is 1.00 e. The Kier molecular flexibility index (Phi) is 27.7. The minimum absolute atomic E-state index is 0. The minimum Gasteiger partial charge on any atom is -1.00 e. The topological polar surface area (TPSA) is 278 Å². The largest absolute Gasteiger partial charge is 1.00 e. The predicted octanol–water partition coefficient (Wildman–Crippen LogP) is -5.83. The van der Waals surface area contributed by atoms with Crippen molar-refractivity contribution < 1.29 is 97.8 Å². The van der Waals surface area contributed by atoms with E-state index in [0.717, 1.165) is 19.8 Å². The predicted molar refractivity (Wildman–Crippen MR) is 156 cm³/mol. The standard InChI is InChI=1S/C18H14N4O2.2CH3NO2.2CH4O3S.2Na.2H/c23-16-12-11-15(21-19-13-7-3-1-4-8-13)18(24)17(16)22-20-14-9-5-2-6-10-14;2*1-2(3)4;2*1-5(2,3)4;;;;/h1-12,19-20H;2*1H3;2*1H3,(H,2,3,4);;;;/q;;;;;2*+1;2*-1/b21-15+,22-17?;;;;;;;;. The second kappa shape index (κ2) is 25.4. The molecule has 0 aromatic heterocycles. The number of rotatable bonds is 4. The summed E-state index contributed by atoms with van der Waals surface area (Å²) >= 11 is 0. The SMILES string of the molecule is CS(=O)(=O)O.CS(=O)(=O)O.C[N+](=O)[O-].C[N+](=O)[O-].O=c1cc/c(=N\Nc2ccccc2)c(=O)c1=NNc1ccccc1.[H-].[H-].[Na+].[Na+]. The van der Waals surface area contributed by atoms with Crippen LogP contribution in [0.4, 0.5) is 11.4 Å². The number of hydrogen-bond acceptors (Lipinski definition) is 14. The van der Waals surface area contributed by atoms with Gasteiger partial charge in [-0.25, -0.2) is 0 Å². The molecule has 0 bridgehead atoms. The molecule has 0 fully saturated rings. The summed E-state index contributed by atoms with van der Waals surface area (Å²) < 4.78 is 51.7. The fourth-order valence-electron chi connectivity index (χ4n) is 2.01. The zero-order chi connectivity index (χ0) is 32.9. The third-order valence-electron chi connectivity index (χ3n) is 3.22. The first-order chi connectivity index (χ1) is 19.2. The number of nitrogens with one attached hydrogen (secondary N) is 2. The Morgan fingerprint density at radius 2 is 0.977 bits per heavy atom. The summed E-state index contributed by atoms with van der Waals surface area (Å²) in [5.74, 6) is 0. The van der Waals surface area contributed by atoms with Crippen LogP contribution in [0.5, 0.6) is 0 Å². The zero-order valence-electron chi connectivity index (χ0n) is 26.5. The van der Waals surface area contributed by atoms with E-state index in [9.17, 15) is 26.4 Å². The zero-order valence-corrected chi connectivity index (χ0v) is 30.1. The summed E-state index contributed by atoms with van der Waals surface area (Å²) in [6.07, 6.45) is 1.43. The number of anilines is 2. The Hall–Kier alpha value is -2.92.